The van der Waals surface area contributed by atoms with Gasteiger partial charge in [-0.3, -0.25) is 4.79 Å². The zero-order valence-electron chi connectivity index (χ0n) is 19.3. The maximum absolute atomic E-state index is 13.0. The SMILES string of the molecule is COc1ccccc1C(=O)NC(C)c1nc2ccccc2n1Cc1c(C)cc(C)cc1C. The molecular weight excluding hydrogens is 398 g/mol. The molecule has 1 atom stereocenters. The van der Waals surface area contributed by atoms with Crippen LogP contribution in [-0.4, -0.2) is 22.6 Å². The molecule has 0 aliphatic rings. The summed E-state index contributed by atoms with van der Waals surface area (Å²) in [6.07, 6.45) is 0. The number of fused-ring (bicyclic) bond motifs is 1. The first kappa shape index (κ1) is 21.6. The van der Waals surface area contributed by atoms with Crippen molar-refractivity contribution in [3.63, 3.8) is 0 Å². The summed E-state index contributed by atoms with van der Waals surface area (Å²) in [5.74, 6) is 1.20. The molecule has 0 saturated carbocycles. The molecule has 0 bridgehead atoms. The van der Waals surface area contributed by atoms with Gasteiger partial charge in [0.2, 0.25) is 0 Å². The van der Waals surface area contributed by atoms with Crippen LogP contribution in [0.3, 0.4) is 0 Å². The van der Waals surface area contributed by atoms with Crippen molar-refractivity contribution in [3.05, 3.63) is 94.3 Å². The summed E-state index contributed by atoms with van der Waals surface area (Å²) in [5, 5.41) is 3.11. The molecule has 0 aliphatic heterocycles. The molecule has 0 aliphatic carbocycles. The molecule has 0 fully saturated rings. The largest absolute Gasteiger partial charge is 0.496 e. The normalized spacial score (nSPS) is 12.0. The Morgan fingerprint density at radius 2 is 1.69 bits per heavy atom. The Kier molecular flexibility index (Phi) is 5.99. The number of nitrogens with zero attached hydrogens (tertiary/aromatic N) is 2. The van der Waals surface area contributed by atoms with Crippen LogP contribution >= 0.6 is 0 Å². The van der Waals surface area contributed by atoms with Gasteiger partial charge >= 0.3 is 0 Å². The Bertz CT molecular complexity index is 1270. The van der Waals surface area contributed by atoms with Crippen molar-refractivity contribution >= 4 is 16.9 Å². The fourth-order valence-electron chi connectivity index (χ4n) is 4.38. The first-order valence-corrected chi connectivity index (χ1v) is 10.8. The van der Waals surface area contributed by atoms with E-state index in [-0.39, 0.29) is 11.9 Å². The number of benzene rings is 3. The third-order valence-electron chi connectivity index (χ3n) is 5.93. The van der Waals surface area contributed by atoms with Gasteiger partial charge in [-0.2, -0.15) is 0 Å². The highest BCUT2D eigenvalue weighted by atomic mass is 16.5. The smallest absolute Gasteiger partial charge is 0.255 e. The van der Waals surface area contributed by atoms with E-state index < -0.39 is 0 Å². The van der Waals surface area contributed by atoms with Gasteiger partial charge in [-0.05, 0) is 68.7 Å². The highest BCUT2D eigenvalue weighted by Crippen LogP contribution is 2.26. The van der Waals surface area contributed by atoms with Gasteiger partial charge in [-0.25, -0.2) is 4.98 Å². The van der Waals surface area contributed by atoms with Gasteiger partial charge in [0.25, 0.3) is 5.91 Å². The van der Waals surface area contributed by atoms with E-state index in [2.05, 4.69) is 48.9 Å². The highest BCUT2D eigenvalue weighted by Gasteiger charge is 2.21. The number of carbonyl (C=O) groups excluding carboxylic acids is 1. The van der Waals surface area contributed by atoms with Gasteiger partial charge in [0.15, 0.2) is 0 Å². The predicted octanol–water partition coefficient (Wildman–Crippen LogP) is 5.51. The maximum atomic E-state index is 13.0. The second kappa shape index (κ2) is 8.87. The summed E-state index contributed by atoms with van der Waals surface area (Å²) >= 11 is 0. The number of rotatable bonds is 6. The summed E-state index contributed by atoms with van der Waals surface area (Å²) in [6.45, 7) is 9.10. The lowest BCUT2D eigenvalue weighted by molar-refractivity contribution is 0.0934. The number of methoxy groups -OCH3 is 1. The van der Waals surface area contributed by atoms with Crippen molar-refractivity contribution in [3.8, 4) is 5.75 Å². The number of hydrogen-bond acceptors (Lipinski definition) is 3. The predicted molar refractivity (Wildman–Crippen MR) is 128 cm³/mol. The number of para-hydroxylation sites is 3. The monoisotopic (exact) mass is 427 g/mol. The molecule has 0 saturated heterocycles. The minimum Gasteiger partial charge on any atom is -0.496 e. The second-order valence-electron chi connectivity index (χ2n) is 8.32. The van der Waals surface area contributed by atoms with Crippen molar-refractivity contribution in [1.29, 1.82) is 0 Å². The molecule has 1 heterocycles. The minimum atomic E-state index is -0.286. The van der Waals surface area contributed by atoms with Crippen molar-refractivity contribution < 1.29 is 9.53 Å². The molecule has 1 N–H and O–H groups in total. The fourth-order valence-corrected chi connectivity index (χ4v) is 4.38. The Morgan fingerprint density at radius 3 is 2.41 bits per heavy atom. The van der Waals surface area contributed by atoms with E-state index in [1.165, 1.54) is 22.3 Å². The summed E-state index contributed by atoms with van der Waals surface area (Å²) < 4.78 is 7.57. The topological polar surface area (TPSA) is 56.1 Å². The number of carbonyl (C=O) groups is 1. The molecule has 3 aromatic carbocycles. The molecule has 164 valence electrons. The first-order chi connectivity index (χ1) is 15.4. The fraction of sp³-hybridized carbons (Fsp3) is 0.259. The van der Waals surface area contributed by atoms with Crippen LogP contribution in [0.5, 0.6) is 5.75 Å². The summed E-state index contributed by atoms with van der Waals surface area (Å²) in [6, 6.07) is 19.5. The molecule has 32 heavy (non-hydrogen) atoms. The lowest BCUT2D eigenvalue weighted by Gasteiger charge is -2.19. The van der Waals surface area contributed by atoms with Crippen LogP contribution in [0.25, 0.3) is 11.0 Å². The van der Waals surface area contributed by atoms with E-state index in [1.54, 1.807) is 19.2 Å². The first-order valence-electron chi connectivity index (χ1n) is 10.8. The zero-order valence-corrected chi connectivity index (χ0v) is 19.3. The van der Waals surface area contributed by atoms with E-state index in [4.69, 9.17) is 9.72 Å². The van der Waals surface area contributed by atoms with Crippen molar-refractivity contribution in [2.45, 2.75) is 40.3 Å². The molecule has 4 aromatic rings. The summed E-state index contributed by atoms with van der Waals surface area (Å²) in [7, 11) is 1.57. The quantitative estimate of drug-likeness (QED) is 0.441. The molecule has 5 nitrogen and oxygen atoms in total. The van der Waals surface area contributed by atoms with E-state index in [9.17, 15) is 4.79 Å². The number of nitrogens with one attached hydrogen (secondary N) is 1. The average molecular weight is 428 g/mol. The van der Waals surface area contributed by atoms with Crippen LogP contribution in [-0.2, 0) is 6.54 Å². The van der Waals surface area contributed by atoms with Gasteiger partial charge < -0.3 is 14.6 Å². The van der Waals surface area contributed by atoms with E-state index >= 15 is 0 Å². The van der Waals surface area contributed by atoms with Gasteiger partial charge in [0.05, 0.1) is 29.7 Å². The Balaban J connectivity index is 1.72. The number of aromatic nitrogens is 2. The third-order valence-corrected chi connectivity index (χ3v) is 5.93. The number of amides is 1. The summed E-state index contributed by atoms with van der Waals surface area (Å²) in [5.41, 5.74) is 7.55. The van der Waals surface area contributed by atoms with Crippen molar-refractivity contribution in [1.82, 2.24) is 14.9 Å². The number of hydrogen-bond donors (Lipinski definition) is 1. The van der Waals surface area contributed by atoms with Gasteiger partial charge in [-0.15, -0.1) is 0 Å². The molecule has 1 amide bonds. The van der Waals surface area contributed by atoms with Crippen molar-refractivity contribution in [2.75, 3.05) is 7.11 Å². The molecular formula is C27H29N3O2. The molecule has 4 rings (SSSR count). The third kappa shape index (κ3) is 4.11. The molecule has 0 spiro atoms. The lowest BCUT2D eigenvalue weighted by Crippen LogP contribution is -2.29. The van der Waals surface area contributed by atoms with E-state index in [1.807, 2.05) is 37.3 Å². The van der Waals surface area contributed by atoms with Crippen LogP contribution in [0.2, 0.25) is 0 Å². The summed E-state index contributed by atoms with van der Waals surface area (Å²) in [4.78, 5) is 17.9. The zero-order chi connectivity index (χ0) is 22.8. The molecule has 1 aromatic heterocycles. The Hall–Kier alpha value is -3.60. The Morgan fingerprint density at radius 1 is 1.03 bits per heavy atom. The molecule has 5 heteroatoms. The van der Waals surface area contributed by atoms with Crippen LogP contribution in [0, 0.1) is 20.8 Å². The molecule has 0 radical (unpaired) electrons. The minimum absolute atomic E-state index is 0.184. The molecule has 1 unspecified atom stereocenters. The lowest BCUT2D eigenvalue weighted by atomic mass is 9.99. The van der Waals surface area contributed by atoms with E-state index in [0.717, 1.165) is 16.9 Å². The van der Waals surface area contributed by atoms with Crippen LogP contribution in [0.4, 0.5) is 0 Å². The Labute approximate surface area is 189 Å². The van der Waals surface area contributed by atoms with Crippen LogP contribution in [0.15, 0.2) is 60.7 Å². The van der Waals surface area contributed by atoms with Crippen molar-refractivity contribution in [2.24, 2.45) is 0 Å². The highest BCUT2D eigenvalue weighted by molar-refractivity contribution is 5.97. The van der Waals surface area contributed by atoms with Gasteiger partial charge in [0, 0.05) is 6.54 Å². The van der Waals surface area contributed by atoms with E-state index in [0.29, 0.717) is 17.9 Å². The van der Waals surface area contributed by atoms with Gasteiger partial charge in [0.1, 0.15) is 11.6 Å². The maximum Gasteiger partial charge on any atom is 0.255 e. The number of imidazole rings is 1. The van der Waals surface area contributed by atoms with Gasteiger partial charge in [-0.1, -0.05) is 42.0 Å². The average Bonchev–Trinajstić information content (AvgIpc) is 3.14. The second-order valence-corrected chi connectivity index (χ2v) is 8.32. The van der Waals surface area contributed by atoms with Crippen LogP contribution < -0.4 is 10.1 Å². The number of aryl methyl sites for hydroxylation is 3. The van der Waals surface area contributed by atoms with Crippen LogP contribution in [0.1, 0.15) is 51.4 Å². The standard InChI is InChI=1S/C27H29N3O2/c1-17-14-18(2)22(19(3)15-17)16-30-24-12-8-7-11-23(24)29-26(30)20(4)28-27(31)21-10-6-9-13-25(21)32-5/h6-15,20H,16H2,1-5H3,(H,28,31). The number of ether oxygens (including phenoxy) is 1.